The van der Waals surface area contributed by atoms with Gasteiger partial charge in [0.1, 0.15) is 0 Å². The van der Waals surface area contributed by atoms with E-state index in [9.17, 15) is 115 Å². The molecule has 0 rings (SSSR count). The molecule has 26 nitrogen and oxygen atoms in total. The first-order valence-corrected chi connectivity index (χ1v) is 22.8. The largest absolute Gasteiger partial charge is 0.355 e. The topological polar surface area (TPSA) is 467 Å². The molecule has 0 amide bonds. The fourth-order valence-electron chi connectivity index (χ4n) is 3.47. The van der Waals surface area contributed by atoms with Gasteiger partial charge < -0.3 is 78.3 Å². The van der Waals surface area contributed by atoms with Crippen molar-refractivity contribution in [3.05, 3.63) is 0 Å². The molecule has 34 heteroatoms. The molecule has 41 heavy (non-hydrogen) atoms. The van der Waals surface area contributed by atoms with Gasteiger partial charge in [-0.05, 0) is 6.42 Å². The quantitative estimate of drug-likeness (QED) is 0.0678. The third-order valence-corrected chi connectivity index (χ3v) is 18.8. The van der Waals surface area contributed by atoms with Crippen molar-refractivity contribution in [3.63, 3.8) is 0 Å². The third-order valence-electron chi connectivity index (χ3n) is 4.43. The van der Waals surface area contributed by atoms with Crippen molar-refractivity contribution in [2.24, 2.45) is 0 Å². The first kappa shape index (κ1) is 42.1. The third kappa shape index (κ3) is 12.4. The minimum Gasteiger partial charge on any atom is -0.323 e. The summed E-state index contributed by atoms with van der Waals surface area (Å²) in [5, 5.41) is 0. The molecule has 0 aromatic heterocycles. The minimum absolute atomic E-state index is 0.852. The summed E-state index contributed by atoms with van der Waals surface area (Å²) in [7, 11) is -51.1. The van der Waals surface area contributed by atoms with Crippen LogP contribution in [0.3, 0.4) is 0 Å². The van der Waals surface area contributed by atoms with Crippen LogP contribution in [0.2, 0.25) is 0 Å². The van der Waals surface area contributed by atoms with Crippen LogP contribution in [-0.2, 0) is 36.5 Å². The molecule has 0 aliphatic rings. The van der Waals surface area contributed by atoms with Crippen LogP contribution in [0.5, 0.6) is 0 Å². The minimum atomic E-state index is -6.39. The molecule has 0 spiro atoms. The van der Waals surface area contributed by atoms with Crippen LogP contribution in [0.25, 0.3) is 0 Å². The Morgan fingerprint density at radius 3 is 0.537 bits per heavy atom. The molecule has 0 aliphatic carbocycles. The Bertz CT molecular complexity index is 1030. The second-order valence-electron chi connectivity index (χ2n) is 7.93. The lowest BCUT2D eigenvalue weighted by Gasteiger charge is -2.40. The highest BCUT2D eigenvalue weighted by molar-refractivity contribution is 7.73. The molecular weight excluding hydrogens is 744 g/mol. The van der Waals surface area contributed by atoms with Crippen LogP contribution in [0, 0.1) is 0 Å². The van der Waals surface area contributed by atoms with Gasteiger partial charge in [0.15, 0.2) is 0 Å². The van der Waals surface area contributed by atoms with Crippen molar-refractivity contribution in [2.75, 3.05) is 13.1 Å². The summed E-state index contributed by atoms with van der Waals surface area (Å²) in [6, 6.07) is 0. The molecule has 0 heterocycles. The van der Waals surface area contributed by atoms with Crippen LogP contribution in [-0.4, -0.2) is 123 Å². The second-order valence-corrected chi connectivity index (χ2v) is 22.9. The molecule has 0 bridgehead atoms. The molecule has 0 atom stereocenters. The van der Waals surface area contributed by atoms with Gasteiger partial charge >= 0.3 is 60.8 Å². The Balaban J connectivity index is 7.34. The van der Waals surface area contributed by atoms with Crippen LogP contribution < -0.4 is 0 Å². The smallest absolute Gasteiger partial charge is 0.323 e. The Morgan fingerprint density at radius 1 is 0.317 bits per heavy atom. The standard InChI is InChI=1S/C7H26N2O24P8/c10-34(11,12)4(35(13,14)15)8(5(36(16,17)18)37(19,20)21)2-1-3-9(6(38(22,23)24)39(25,26)27)7(40(28,29)30)41(31,32)33/h4-7H,1-3H2,(H2,10,11,12)(H2,13,14,15)(H2,16,17,18)(H2,19,20,21)(H2,22,23,24)(H2,25,26,27)(H2,28,29,30)(H2,31,32,33). The van der Waals surface area contributed by atoms with Gasteiger partial charge in [-0.3, -0.25) is 46.3 Å². The maximum atomic E-state index is 11.8. The van der Waals surface area contributed by atoms with Gasteiger partial charge in [0, 0.05) is 13.1 Å². The molecule has 0 saturated heterocycles. The lowest BCUT2D eigenvalue weighted by Crippen LogP contribution is -2.46. The molecule has 0 fully saturated rings. The number of hydrogen-bond acceptors (Lipinski definition) is 10. The fourth-order valence-corrected chi connectivity index (χ4v) is 15.7. The van der Waals surface area contributed by atoms with E-state index in [4.69, 9.17) is 0 Å². The van der Waals surface area contributed by atoms with Crippen LogP contribution in [0.1, 0.15) is 6.42 Å². The number of nitrogens with zero attached hydrogens (tertiary/aromatic N) is 2. The Kier molecular flexibility index (Phi) is 13.8. The van der Waals surface area contributed by atoms with E-state index >= 15 is 0 Å². The summed E-state index contributed by atoms with van der Waals surface area (Å²) < 4.78 is 94.8. The van der Waals surface area contributed by atoms with E-state index < -0.39 is 112 Å². The highest BCUT2D eigenvalue weighted by atomic mass is 31.3. The van der Waals surface area contributed by atoms with E-state index in [2.05, 4.69) is 0 Å². The van der Waals surface area contributed by atoms with Crippen molar-refractivity contribution in [3.8, 4) is 0 Å². The molecular formula is C7H26N2O24P8. The second kappa shape index (κ2) is 13.5. The van der Waals surface area contributed by atoms with Crippen molar-refractivity contribution < 1.29 is 115 Å². The van der Waals surface area contributed by atoms with Gasteiger partial charge in [-0.2, -0.15) is 0 Å². The molecule has 0 unspecified atom stereocenters. The molecule has 0 saturated carbocycles. The number of rotatable bonds is 16. The van der Waals surface area contributed by atoms with Crippen molar-refractivity contribution in [1.29, 1.82) is 0 Å². The summed E-state index contributed by atoms with van der Waals surface area (Å²) in [6.07, 6.45) is -1.57. The van der Waals surface area contributed by atoms with Crippen LogP contribution in [0.4, 0.5) is 0 Å². The summed E-state index contributed by atoms with van der Waals surface area (Å²) in [5.41, 5.74) is -15.2. The maximum absolute atomic E-state index is 11.8. The summed E-state index contributed by atoms with van der Waals surface area (Å²) >= 11 is 0. The van der Waals surface area contributed by atoms with E-state index in [0.717, 1.165) is 0 Å². The lowest BCUT2D eigenvalue weighted by atomic mass is 10.4. The van der Waals surface area contributed by atoms with E-state index in [1.807, 2.05) is 0 Å². The molecule has 248 valence electrons. The normalized spacial score (nSPS) is 15.8. The predicted octanol–water partition coefficient (Wildman–Crippen LogP) is -3.46. The zero-order valence-electron chi connectivity index (χ0n) is 19.3. The summed E-state index contributed by atoms with van der Waals surface area (Å²) in [6.45, 7) is -3.72. The van der Waals surface area contributed by atoms with Gasteiger partial charge in [0.05, 0.1) is 0 Å². The maximum Gasteiger partial charge on any atom is 0.355 e. The Morgan fingerprint density at radius 2 is 0.439 bits per heavy atom. The number of hydrogen-bond donors (Lipinski definition) is 16. The monoisotopic (exact) mass is 770 g/mol. The van der Waals surface area contributed by atoms with Gasteiger partial charge in [0.2, 0.25) is 22.1 Å². The molecule has 0 radical (unpaired) electrons. The molecule has 0 aromatic rings. The van der Waals surface area contributed by atoms with Gasteiger partial charge in [-0.25, -0.2) is 0 Å². The highest BCUT2D eigenvalue weighted by Crippen LogP contribution is 2.70. The van der Waals surface area contributed by atoms with Crippen molar-refractivity contribution in [1.82, 2.24) is 9.80 Å². The molecule has 0 aromatic carbocycles. The van der Waals surface area contributed by atoms with Crippen molar-refractivity contribution in [2.45, 2.75) is 28.5 Å². The van der Waals surface area contributed by atoms with Gasteiger partial charge in [-0.1, -0.05) is 0 Å². The van der Waals surface area contributed by atoms with E-state index in [1.165, 1.54) is 0 Å². The zero-order chi connectivity index (χ0) is 33.6. The Labute approximate surface area is 227 Å². The molecule has 0 aliphatic heterocycles. The first-order chi connectivity index (χ1) is 17.5. The molecule has 16 N–H and O–H groups in total. The van der Waals surface area contributed by atoms with E-state index in [0.29, 0.717) is 0 Å². The average Bonchev–Trinajstić information content (AvgIpc) is 2.50. The zero-order valence-corrected chi connectivity index (χ0v) is 26.5. The van der Waals surface area contributed by atoms with Gasteiger partial charge in [-0.15, -0.1) is 0 Å². The Hall–Kier alpha value is 1.12. The van der Waals surface area contributed by atoms with E-state index in [-0.39, 0.29) is 0 Å². The SMILES string of the molecule is O=P(O)(O)C(N(CCCN(C(P(=O)(O)O)P(=O)(O)O)C(P(=O)(O)O)P(=O)(O)O)C(P(=O)(O)O)P(=O)(O)O)P(=O)(O)O. The van der Waals surface area contributed by atoms with Crippen LogP contribution >= 0.6 is 60.8 Å². The first-order valence-electron chi connectivity index (χ1n) is 9.39. The highest BCUT2D eigenvalue weighted by Gasteiger charge is 2.60. The van der Waals surface area contributed by atoms with Crippen molar-refractivity contribution >= 4 is 60.8 Å². The fraction of sp³-hybridized carbons (Fsp3) is 1.00. The van der Waals surface area contributed by atoms with E-state index in [1.54, 1.807) is 0 Å². The average molecular weight is 770 g/mol. The van der Waals surface area contributed by atoms with Gasteiger partial charge in [0.25, 0.3) is 0 Å². The summed E-state index contributed by atoms with van der Waals surface area (Å²) in [4.78, 5) is 149. The van der Waals surface area contributed by atoms with Crippen LogP contribution in [0.15, 0.2) is 0 Å². The predicted molar refractivity (Wildman–Crippen MR) is 130 cm³/mol. The lowest BCUT2D eigenvalue weighted by molar-refractivity contribution is 0.175. The summed E-state index contributed by atoms with van der Waals surface area (Å²) in [5.74, 6) is 0.